The van der Waals surface area contributed by atoms with E-state index in [2.05, 4.69) is 77.6 Å². The van der Waals surface area contributed by atoms with E-state index in [1.54, 1.807) is 0 Å². The first-order valence-corrected chi connectivity index (χ1v) is 8.80. The predicted molar refractivity (Wildman–Crippen MR) is 100 cm³/mol. The predicted octanol–water partition coefficient (Wildman–Crippen LogP) is 7.15. The summed E-state index contributed by atoms with van der Waals surface area (Å²) in [4.78, 5) is 0. The van der Waals surface area contributed by atoms with Gasteiger partial charge in [-0.25, -0.2) is 0 Å². The molecule has 0 aromatic heterocycles. The Kier molecular flexibility index (Phi) is 8.24. The van der Waals surface area contributed by atoms with E-state index in [0.29, 0.717) is 11.8 Å². The van der Waals surface area contributed by atoms with Crippen molar-refractivity contribution in [2.24, 2.45) is 11.8 Å². The molecule has 1 aromatic rings. The summed E-state index contributed by atoms with van der Waals surface area (Å²) in [5.74, 6) is 2.01. The quantitative estimate of drug-likeness (QED) is 0.425. The second-order valence-electron chi connectivity index (χ2n) is 7.09. The number of allylic oxidation sites excluding steroid dienone is 3. The third kappa shape index (κ3) is 6.64. The zero-order valence-electron chi connectivity index (χ0n) is 15.2. The molecule has 1 aromatic carbocycles. The van der Waals surface area contributed by atoms with Crippen LogP contribution in [0.2, 0.25) is 0 Å². The summed E-state index contributed by atoms with van der Waals surface area (Å²) in [7, 11) is 0. The molecule has 0 aliphatic rings. The van der Waals surface area contributed by atoms with Gasteiger partial charge in [-0.2, -0.15) is 0 Å². The topological polar surface area (TPSA) is 0 Å². The molecule has 1 rings (SSSR count). The Morgan fingerprint density at radius 1 is 1.14 bits per heavy atom. The first-order valence-electron chi connectivity index (χ1n) is 8.80. The second-order valence-corrected chi connectivity index (χ2v) is 7.09. The highest BCUT2D eigenvalue weighted by Crippen LogP contribution is 2.30. The Bertz CT molecular complexity index is 466. The lowest BCUT2D eigenvalue weighted by atomic mass is 9.85. The van der Waals surface area contributed by atoms with Gasteiger partial charge in [-0.05, 0) is 56.4 Å². The van der Waals surface area contributed by atoms with E-state index in [1.165, 1.54) is 29.6 Å². The van der Waals surface area contributed by atoms with Crippen LogP contribution in [0.15, 0.2) is 54.1 Å². The average Bonchev–Trinajstić information content (AvgIpc) is 2.51. The number of benzene rings is 1. The molecule has 0 heteroatoms. The molecule has 0 nitrogen and oxygen atoms in total. The molecule has 0 fully saturated rings. The van der Waals surface area contributed by atoms with E-state index < -0.39 is 0 Å². The van der Waals surface area contributed by atoms with Crippen LogP contribution in [0.4, 0.5) is 0 Å². The molecular weight excluding hydrogens is 264 g/mol. The van der Waals surface area contributed by atoms with Gasteiger partial charge in [0.05, 0.1) is 0 Å². The maximum Gasteiger partial charge on any atom is -0.0125 e. The highest BCUT2D eigenvalue weighted by molar-refractivity contribution is 5.21. The summed E-state index contributed by atoms with van der Waals surface area (Å²) >= 11 is 0. The van der Waals surface area contributed by atoms with Gasteiger partial charge in [0.1, 0.15) is 0 Å². The van der Waals surface area contributed by atoms with E-state index in [1.807, 2.05) is 0 Å². The van der Waals surface area contributed by atoms with E-state index >= 15 is 0 Å². The highest BCUT2D eigenvalue weighted by atomic mass is 14.2. The SMILES string of the molecule is C=C(C)C(C)C/C(C)=C\CC(CC(C)CC)c1ccccc1. The molecule has 0 amide bonds. The van der Waals surface area contributed by atoms with Crippen molar-refractivity contribution in [3.63, 3.8) is 0 Å². The summed E-state index contributed by atoms with van der Waals surface area (Å²) < 4.78 is 0. The molecule has 0 saturated carbocycles. The second kappa shape index (κ2) is 9.66. The summed E-state index contributed by atoms with van der Waals surface area (Å²) in [5, 5.41) is 0. The third-order valence-corrected chi connectivity index (χ3v) is 4.88. The van der Waals surface area contributed by atoms with Crippen molar-refractivity contribution in [3.05, 3.63) is 59.7 Å². The van der Waals surface area contributed by atoms with Crippen LogP contribution in [-0.2, 0) is 0 Å². The molecule has 3 atom stereocenters. The minimum absolute atomic E-state index is 0.584. The molecular formula is C22H34. The molecule has 0 spiro atoms. The summed E-state index contributed by atoms with van der Waals surface area (Å²) in [5.41, 5.74) is 4.27. The maximum atomic E-state index is 4.07. The molecule has 122 valence electrons. The standard InChI is InChI=1S/C22H34/c1-7-18(4)16-22(21-11-9-8-10-12-21)14-13-19(5)15-20(6)17(2)3/h8-13,18,20,22H,2,7,14-16H2,1,3-6H3/b19-13-. The molecule has 22 heavy (non-hydrogen) atoms. The van der Waals surface area contributed by atoms with Crippen molar-refractivity contribution in [1.29, 1.82) is 0 Å². The molecule has 0 saturated heterocycles. The van der Waals surface area contributed by atoms with Crippen LogP contribution in [0.1, 0.15) is 71.8 Å². The molecule has 0 aliphatic heterocycles. The number of rotatable bonds is 9. The fourth-order valence-electron chi connectivity index (χ4n) is 2.83. The number of hydrogen-bond acceptors (Lipinski definition) is 0. The smallest absolute Gasteiger partial charge is 0.0125 e. The van der Waals surface area contributed by atoms with Gasteiger partial charge in [0.2, 0.25) is 0 Å². The van der Waals surface area contributed by atoms with Crippen molar-refractivity contribution in [2.75, 3.05) is 0 Å². The van der Waals surface area contributed by atoms with E-state index in [9.17, 15) is 0 Å². The van der Waals surface area contributed by atoms with Crippen LogP contribution in [0.3, 0.4) is 0 Å². The first-order chi connectivity index (χ1) is 10.4. The molecule has 3 unspecified atom stereocenters. The van der Waals surface area contributed by atoms with Crippen LogP contribution < -0.4 is 0 Å². The first kappa shape index (κ1) is 18.7. The molecule has 0 aliphatic carbocycles. The monoisotopic (exact) mass is 298 g/mol. The van der Waals surface area contributed by atoms with Crippen LogP contribution >= 0.6 is 0 Å². The van der Waals surface area contributed by atoms with Crippen LogP contribution in [-0.4, -0.2) is 0 Å². The lowest BCUT2D eigenvalue weighted by molar-refractivity contribution is 0.455. The molecule has 0 bridgehead atoms. The Morgan fingerprint density at radius 2 is 1.77 bits per heavy atom. The van der Waals surface area contributed by atoms with Crippen molar-refractivity contribution < 1.29 is 0 Å². The maximum absolute atomic E-state index is 4.07. The molecule has 0 radical (unpaired) electrons. The zero-order chi connectivity index (χ0) is 16.5. The van der Waals surface area contributed by atoms with Gasteiger partial charge in [0.15, 0.2) is 0 Å². The Balaban J connectivity index is 2.74. The number of hydrogen-bond donors (Lipinski definition) is 0. The minimum atomic E-state index is 0.584. The van der Waals surface area contributed by atoms with Crippen LogP contribution in [0.25, 0.3) is 0 Å². The molecule has 0 heterocycles. The molecule has 0 N–H and O–H groups in total. The van der Waals surface area contributed by atoms with Gasteiger partial charge < -0.3 is 0 Å². The summed E-state index contributed by atoms with van der Waals surface area (Å²) in [6, 6.07) is 11.0. The van der Waals surface area contributed by atoms with E-state index in [0.717, 1.165) is 18.8 Å². The van der Waals surface area contributed by atoms with E-state index in [4.69, 9.17) is 0 Å². The van der Waals surface area contributed by atoms with Crippen molar-refractivity contribution in [3.8, 4) is 0 Å². The lowest BCUT2D eigenvalue weighted by Crippen LogP contribution is -2.04. The lowest BCUT2D eigenvalue weighted by Gasteiger charge is -2.20. The van der Waals surface area contributed by atoms with Gasteiger partial charge in [-0.3, -0.25) is 0 Å². The van der Waals surface area contributed by atoms with Crippen molar-refractivity contribution in [2.45, 2.75) is 66.2 Å². The van der Waals surface area contributed by atoms with Crippen molar-refractivity contribution in [1.82, 2.24) is 0 Å². The van der Waals surface area contributed by atoms with E-state index in [-0.39, 0.29) is 0 Å². The highest BCUT2D eigenvalue weighted by Gasteiger charge is 2.14. The van der Waals surface area contributed by atoms with Crippen LogP contribution in [0.5, 0.6) is 0 Å². The van der Waals surface area contributed by atoms with Crippen LogP contribution in [0, 0.1) is 11.8 Å². The Labute approximate surface area is 138 Å². The zero-order valence-corrected chi connectivity index (χ0v) is 15.2. The van der Waals surface area contributed by atoms with Gasteiger partial charge in [0.25, 0.3) is 0 Å². The Morgan fingerprint density at radius 3 is 2.32 bits per heavy atom. The summed E-state index contributed by atoms with van der Waals surface area (Å²) in [6.07, 6.45) is 7.29. The van der Waals surface area contributed by atoms with Gasteiger partial charge >= 0.3 is 0 Å². The van der Waals surface area contributed by atoms with Crippen molar-refractivity contribution >= 4 is 0 Å². The fourth-order valence-corrected chi connectivity index (χ4v) is 2.83. The largest absolute Gasteiger partial charge is 0.0999 e. The fraction of sp³-hybridized carbons (Fsp3) is 0.545. The van der Waals surface area contributed by atoms with Gasteiger partial charge in [-0.15, -0.1) is 0 Å². The normalized spacial score (nSPS) is 16.1. The Hall–Kier alpha value is -1.30. The van der Waals surface area contributed by atoms with Gasteiger partial charge in [0, 0.05) is 0 Å². The average molecular weight is 299 g/mol. The minimum Gasteiger partial charge on any atom is -0.0999 e. The van der Waals surface area contributed by atoms with Gasteiger partial charge in [-0.1, -0.05) is 81.3 Å². The summed E-state index contributed by atoms with van der Waals surface area (Å²) in [6.45, 7) is 15.4. The third-order valence-electron chi connectivity index (χ3n) is 4.88.